The molecule has 0 unspecified atom stereocenters. The third-order valence-corrected chi connectivity index (χ3v) is 6.17. The summed E-state index contributed by atoms with van der Waals surface area (Å²) in [5, 5.41) is 19.4. The molecule has 136 valence electrons. The zero-order valence-corrected chi connectivity index (χ0v) is 15.0. The summed E-state index contributed by atoms with van der Waals surface area (Å²) >= 11 is 0. The van der Waals surface area contributed by atoms with Crippen molar-refractivity contribution in [2.24, 2.45) is 11.8 Å². The molecule has 0 radical (unpaired) electrons. The fraction of sp³-hybridized carbons (Fsp3) is 0.556. The molecule has 4 atom stereocenters. The van der Waals surface area contributed by atoms with E-state index in [4.69, 9.17) is 0 Å². The Morgan fingerprint density at radius 2 is 1.92 bits per heavy atom. The van der Waals surface area contributed by atoms with Gasteiger partial charge in [0.25, 0.3) is 0 Å². The minimum Gasteiger partial charge on any atom is -0.391 e. The van der Waals surface area contributed by atoms with E-state index in [1.807, 2.05) is 15.3 Å². The number of nitrogens with zero attached hydrogens (tertiary/aromatic N) is 7. The Kier molecular flexibility index (Phi) is 3.49. The summed E-state index contributed by atoms with van der Waals surface area (Å²) in [6.45, 7) is 6.10. The van der Waals surface area contributed by atoms with Crippen LogP contribution in [0, 0.1) is 25.7 Å². The quantitative estimate of drug-likeness (QED) is 0.749. The van der Waals surface area contributed by atoms with Gasteiger partial charge in [0.2, 0.25) is 0 Å². The molecule has 1 N–H and O–H groups in total. The van der Waals surface area contributed by atoms with Gasteiger partial charge in [-0.15, -0.1) is 0 Å². The van der Waals surface area contributed by atoms with Crippen molar-refractivity contribution in [2.75, 3.05) is 18.0 Å². The Balaban J connectivity index is 1.46. The lowest BCUT2D eigenvalue weighted by molar-refractivity contribution is 0.0305. The van der Waals surface area contributed by atoms with Crippen LogP contribution in [0.5, 0.6) is 0 Å². The van der Waals surface area contributed by atoms with Gasteiger partial charge in [-0.3, -0.25) is 0 Å². The molecule has 2 fully saturated rings. The van der Waals surface area contributed by atoms with Gasteiger partial charge in [-0.2, -0.15) is 14.7 Å². The van der Waals surface area contributed by atoms with Crippen LogP contribution in [0.15, 0.2) is 24.9 Å². The first kappa shape index (κ1) is 15.7. The molecule has 0 amide bonds. The van der Waals surface area contributed by atoms with Crippen molar-refractivity contribution in [2.45, 2.75) is 38.8 Å². The highest BCUT2D eigenvalue weighted by atomic mass is 16.3. The maximum atomic E-state index is 10.6. The van der Waals surface area contributed by atoms with Crippen LogP contribution in [0.3, 0.4) is 0 Å². The van der Waals surface area contributed by atoms with E-state index in [9.17, 15) is 5.11 Å². The van der Waals surface area contributed by atoms with E-state index in [1.54, 1.807) is 12.5 Å². The second-order valence-corrected chi connectivity index (χ2v) is 7.65. The molecule has 1 aliphatic carbocycles. The zero-order valence-electron chi connectivity index (χ0n) is 15.0. The van der Waals surface area contributed by atoms with Crippen molar-refractivity contribution >= 4 is 11.5 Å². The van der Waals surface area contributed by atoms with Gasteiger partial charge < -0.3 is 10.0 Å². The highest BCUT2D eigenvalue weighted by Gasteiger charge is 2.43. The van der Waals surface area contributed by atoms with Gasteiger partial charge in [0, 0.05) is 30.4 Å². The number of aliphatic hydroxyl groups is 1. The van der Waals surface area contributed by atoms with E-state index in [0.29, 0.717) is 11.8 Å². The summed E-state index contributed by atoms with van der Waals surface area (Å²) in [6.07, 6.45) is 6.41. The second-order valence-electron chi connectivity index (χ2n) is 7.65. The number of fused-ring (bicyclic) bond motifs is 2. The van der Waals surface area contributed by atoms with E-state index in [-0.39, 0.29) is 12.1 Å². The molecule has 5 rings (SSSR count). The van der Waals surface area contributed by atoms with Gasteiger partial charge in [-0.05, 0) is 38.5 Å². The number of anilines is 1. The zero-order chi connectivity index (χ0) is 17.8. The molecule has 8 nitrogen and oxygen atoms in total. The molecule has 0 spiro atoms. The smallest absolute Gasteiger partial charge is 0.157 e. The predicted molar refractivity (Wildman–Crippen MR) is 96.0 cm³/mol. The number of rotatable bonds is 2. The lowest BCUT2D eigenvalue weighted by Gasteiger charge is -2.34. The first-order chi connectivity index (χ1) is 12.6. The molecular weight excluding hydrogens is 330 g/mol. The minimum absolute atomic E-state index is 0.0173. The molecule has 26 heavy (non-hydrogen) atoms. The topological polar surface area (TPSA) is 84.4 Å². The normalized spacial score (nSPS) is 28.7. The first-order valence-electron chi connectivity index (χ1n) is 9.20. The van der Waals surface area contributed by atoms with Crippen molar-refractivity contribution in [1.82, 2.24) is 29.4 Å². The number of hydrogen-bond donors (Lipinski definition) is 1. The summed E-state index contributed by atoms with van der Waals surface area (Å²) in [6, 6.07) is 1.97. The van der Waals surface area contributed by atoms with Gasteiger partial charge in [0.15, 0.2) is 5.65 Å². The number of hydrogen-bond acceptors (Lipinski definition) is 6. The van der Waals surface area contributed by atoms with Crippen molar-refractivity contribution in [3.8, 4) is 0 Å². The standard InChI is InChI=1S/C18H23N7O/c1-11-12(2)22-17-3-4-20-25(17)18(11)23-7-13-5-15(24-10-19-9-21-24)16(26)6-14(13)8-23/h3-4,9-10,13-16,26H,5-8H2,1-2H3/t13-,14+,15-,16-/m1/s1. The lowest BCUT2D eigenvalue weighted by atomic mass is 9.77. The number of aliphatic hydroxyl groups excluding tert-OH is 1. The van der Waals surface area contributed by atoms with Crippen LogP contribution >= 0.6 is 0 Å². The molecule has 3 aromatic heterocycles. The summed E-state index contributed by atoms with van der Waals surface area (Å²) < 4.78 is 3.77. The third-order valence-electron chi connectivity index (χ3n) is 6.17. The van der Waals surface area contributed by atoms with E-state index < -0.39 is 0 Å². The van der Waals surface area contributed by atoms with Gasteiger partial charge in [-0.25, -0.2) is 14.6 Å². The third kappa shape index (κ3) is 2.32. The van der Waals surface area contributed by atoms with Gasteiger partial charge in [-0.1, -0.05) is 0 Å². The van der Waals surface area contributed by atoms with Gasteiger partial charge in [0.05, 0.1) is 18.3 Å². The van der Waals surface area contributed by atoms with Crippen molar-refractivity contribution < 1.29 is 5.11 Å². The summed E-state index contributed by atoms with van der Waals surface area (Å²) in [4.78, 5) is 11.1. The summed E-state index contributed by atoms with van der Waals surface area (Å²) in [5.74, 6) is 2.16. The highest BCUT2D eigenvalue weighted by molar-refractivity contribution is 5.57. The summed E-state index contributed by atoms with van der Waals surface area (Å²) in [7, 11) is 0. The van der Waals surface area contributed by atoms with Crippen LogP contribution in [0.2, 0.25) is 0 Å². The minimum atomic E-state index is -0.372. The monoisotopic (exact) mass is 353 g/mol. The Hall–Kier alpha value is -2.48. The highest BCUT2D eigenvalue weighted by Crippen LogP contribution is 2.42. The maximum Gasteiger partial charge on any atom is 0.157 e. The maximum absolute atomic E-state index is 10.6. The molecule has 1 saturated carbocycles. The SMILES string of the molecule is Cc1nc2ccnn2c(N2C[C@H]3C[C@@H](n4cncn4)[C@H](O)C[C@H]3C2)c1C. The van der Waals surface area contributed by atoms with Crippen molar-refractivity contribution in [3.63, 3.8) is 0 Å². The summed E-state index contributed by atoms with van der Waals surface area (Å²) in [5.41, 5.74) is 3.11. The van der Waals surface area contributed by atoms with Crippen LogP contribution in [0.25, 0.3) is 5.65 Å². The van der Waals surface area contributed by atoms with E-state index in [2.05, 4.69) is 38.9 Å². The van der Waals surface area contributed by atoms with Crippen LogP contribution in [0.1, 0.15) is 30.1 Å². The predicted octanol–water partition coefficient (Wildman–Crippen LogP) is 1.39. The van der Waals surface area contributed by atoms with E-state index in [0.717, 1.165) is 43.1 Å². The number of aryl methyl sites for hydroxylation is 1. The molecule has 3 aromatic rings. The van der Waals surface area contributed by atoms with Crippen LogP contribution in [0.4, 0.5) is 5.82 Å². The Bertz CT molecular complexity index is 935. The Labute approximate surface area is 151 Å². The second kappa shape index (κ2) is 5.77. The van der Waals surface area contributed by atoms with E-state index >= 15 is 0 Å². The fourth-order valence-corrected chi connectivity index (χ4v) is 4.74. The average Bonchev–Trinajstić information content (AvgIpc) is 3.34. The van der Waals surface area contributed by atoms with Gasteiger partial charge >= 0.3 is 0 Å². The molecule has 1 aliphatic heterocycles. The van der Waals surface area contributed by atoms with E-state index in [1.165, 1.54) is 11.9 Å². The Morgan fingerprint density at radius 3 is 2.69 bits per heavy atom. The Morgan fingerprint density at radius 1 is 1.12 bits per heavy atom. The lowest BCUT2D eigenvalue weighted by Crippen LogP contribution is -2.36. The molecule has 4 heterocycles. The molecule has 0 aromatic carbocycles. The fourth-order valence-electron chi connectivity index (χ4n) is 4.74. The average molecular weight is 353 g/mol. The molecule has 2 aliphatic rings. The molecular formula is C18H23N7O. The molecule has 0 bridgehead atoms. The number of aromatic nitrogens is 6. The largest absolute Gasteiger partial charge is 0.391 e. The van der Waals surface area contributed by atoms with Gasteiger partial charge in [0.1, 0.15) is 18.5 Å². The molecule has 1 saturated heterocycles. The molecule has 8 heteroatoms. The van der Waals surface area contributed by atoms with Crippen molar-refractivity contribution in [3.05, 3.63) is 36.2 Å². The van der Waals surface area contributed by atoms with Crippen molar-refractivity contribution in [1.29, 1.82) is 0 Å². The van der Waals surface area contributed by atoms with Crippen LogP contribution < -0.4 is 4.90 Å². The van der Waals surface area contributed by atoms with Crippen LogP contribution in [-0.2, 0) is 0 Å². The van der Waals surface area contributed by atoms with Crippen LogP contribution in [-0.4, -0.2) is 53.7 Å². The first-order valence-corrected chi connectivity index (χ1v) is 9.20.